The van der Waals surface area contributed by atoms with Gasteiger partial charge in [0.15, 0.2) is 0 Å². The first kappa shape index (κ1) is 17.7. The highest BCUT2D eigenvalue weighted by Crippen LogP contribution is 2.29. The minimum atomic E-state index is -0.282. The highest BCUT2D eigenvalue weighted by atomic mass is 35.5. The summed E-state index contributed by atoms with van der Waals surface area (Å²) in [5, 5.41) is 3.43. The van der Waals surface area contributed by atoms with Crippen LogP contribution in [0.25, 0.3) is 0 Å². The fraction of sp³-hybridized carbons (Fsp3) is 0.118. The third kappa shape index (κ3) is 4.28. The van der Waals surface area contributed by atoms with Crippen LogP contribution in [0.2, 0.25) is 10.0 Å². The molecule has 0 aliphatic carbocycles. The van der Waals surface area contributed by atoms with Crippen LogP contribution in [-0.4, -0.2) is 14.7 Å². The van der Waals surface area contributed by atoms with Gasteiger partial charge in [0.1, 0.15) is 18.1 Å². The smallest absolute Gasteiger partial charge is 0.255 e. The van der Waals surface area contributed by atoms with Gasteiger partial charge < -0.3 is 10.1 Å². The SMILES string of the molecule is Cc1nsnc1COc1ccc(C(=O)Nc2cccc(Cl)c2Cl)cc1. The van der Waals surface area contributed by atoms with E-state index in [9.17, 15) is 4.79 Å². The van der Waals surface area contributed by atoms with E-state index in [0.29, 0.717) is 33.7 Å². The van der Waals surface area contributed by atoms with Crippen LogP contribution < -0.4 is 10.1 Å². The number of amides is 1. The van der Waals surface area contributed by atoms with Gasteiger partial charge in [0, 0.05) is 5.56 Å². The summed E-state index contributed by atoms with van der Waals surface area (Å²) < 4.78 is 13.9. The molecule has 2 aromatic carbocycles. The van der Waals surface area contributed by atoms with Crippen LogP contribution in [0.1, 0.15) is 21.7 Å². The quantitative estimate of drug-likeness (QED) is 0.663. The van der Waals surface area contributed by atoms with Crippen molar-refractivity contribution in [2.24, 2.45) is 0 Å². The van der Waals surface area contributed by atoms with E-state index < -0.39 is 0 Å². The molecule has 0 saturated carbocycles. The zero-order chi connectivity index (χ0) is 17.8. The van der Waals surface area contributed by atoms with Crippen LogP contribution in [0.15, 0.2) is 42.5 Å². The number of ether oxygens (including phenoxy) is 1. The maximum atomic E-state index is 12.3. The number of carbonyl (C=O) groups is 1. The number of aryl methyl sites for hydroxylation is 1. The second-order valence-electron chi connectivity index (χ2n) is 5.16. The molecule has 128 valence electrons. The van der Waals surface area contributed by atoms with E-state index in [1.165, 1.54) is 0 Å². The average Bonchev–Trinajstić information content (AvgIpc) is 3.02. The van der Waals surface area contributed by atoms with Crippen LogP contribution in [0.3, 0.4) is 0 Å². The summed E-state index contributed by atoms with van der Waals surface area (Å²) in [6.07, 6.45) is 0. The molecule has 3 rings (SSSR count). The zero-order valence-electron chi connectivity index (χ0n) is 13.1. The van der Waals surface area contributed by atoms with Crippen LogP contribution in [0.5, 0.6) is 5.75 Å². The number of benzene rings is 2. The van der Waals surface area contributed by atoms with E-state index in [4.69, 9.17) is 27.9 Å². The number of anilines is 1. The number of nitrogens with zero attached hydrogens (tertiary/aromatic N) is 2. The molecule has 0 unspecified atom stereocenters. The molecule has 1 heterocycles. The Kier molecular flexibility index (Phi) is 5.53. The first-order valence-corrected chi connectivity index (χ1v) is 8.79. The van der Waals surface area contributed by atoms with Crippen LogP contribution >= 0.6 is 34.9 Å². The van der Waals surface area contributed by atoms with Gasteiger partial charge in [0.25, 0.3) is 5.91 Å². The standard InChI is InChI=1S/C17H13Cl2N3O2S/c1-10-15(22-25-21-10)9-24-12-7-5-11(6-8-12)17(23)20-14-4-2-3-13(18)16(14)19/h2-8H,9H2,1H3,(H,20,23). The Morgan fingerprint density at radius 3 is 2.60 bits per heavy atom. The third-order valence-electron chi connectivity index (χ3n) is 3.44. The number of halogens is 2. The highest BCUT2D eigenvalue weighted by Gasteiger charge is 2.11. The Morgan fingerprint density at radius 1 is 1.16 bits per heavy atom. The second-order valence-corrected chi connectivity index (χ2v) is 6.48. The molecule has 1 N–H and O–H groups in total. The highest BCUT2D eigenvalue weighted by molar-refractivity contribution is 6.99. The van der Waals surface area contributed by atoms with Gasteiger partial charge in [-0.3, -0.25) is 4.79 Å². The molecule has 25 heavy (non-hydrogen) atoms. The van der Waals surface area contributed by atoms with Crippen molar-refractivity contribution >= 4 is 46.5 Å². The maximum Gasteiger partial charge on any atom is 0.255 e. The van der Waals surface area contributed by atoms with Crippen LogP contribution in [0.4, 0.5) is 5.69 Å². The topological polar surface area (TPSA) is 64.1 Å². The third-order valence-corrected chi connectivity index (χ3v) is 4.91. The Hall–Kier alpha value is -2.15. The van der Waals surface area contributed by atoms with Crippen LogP contribution in [0, 0.1) is 6.92 Å². The molecular weight excluding hydrogens is 381 g/mol. The molecule has 0 spiro atoms. The van der Waals surface area contributed by atoms with Gasteiger partial charge in [-0.25, -0.2) is 0 Å². The number of carbonyl (C=O) groups excluding carboxylic acids is 1. The first-order chi connectivity index (χ1) is 12.0. The molecule has 3 aromatic rings. The van der Waals surface area contributed by atoms with Gasteiger partial charge in [0.05, 0.1) is 33.2 Å². The zero-order valence-corrected chi connectivity index (χ0v) is 15.5. The molecule has 8 heteroatoms. The van der Waals surface area contributed by atoms with Crippen molar-refractivity contribution in [2.75, 3.05) is 5.32 Å². The Labute approximate surface area is 158 Å². The van der Waals surface area contributed by atoms with Gasteiger partial charge in [-0.2, -0.15) is 8.75 Å². The van der Waals surface area contributed by atoms with Crippen molar-refractivity contribution in [2.45, 2.75) is 13.5 Å². The molecule has 1 aromatic heterocycles. The Morgan fingerprint density at radius 2 is 1.92 bits per heavy atom. The van der Waals surface area contributed by atoms with E-state index in [1.54, 1.807) is 42.5 Å². The van der Waals surface area contributed by atoms with Gasteiger partial charge in [0.2, 0.25) is 0 Å². The number of hydrogen-bond donors (Lipinski definition) is 1. The lowest BCUT2D eigenvalue weighted by Gasteiger charge is -2.09. The van der Waals surface area contributed by atoms with Gasteiger partial charge >= 0.3 is 0 Å². The molecule has 0 aliphatic heterocycles. The number of rotatable bonds is 5. The summed E-state index contributed by atoms with van der Waals surface area (Å²) in [6, 6.07) is 11.9. The monoisotopic (exact) mass is 393 g/mol. The summed E-state index contributed by atoms with van der Waals surface area (Å²) in [5.41, 5.74) is 2.61. The van der Waals surface area contributed by atoms with Gasteiger partial charge in [-0.1, -0.05) is 29.3 Å². The summed E-state index contributed by atoms with van der Waals surface area (Å²) in [7, 11) is 0. The lowest BCUT2D eigenvalue weighted by Crippen LogP contribution is -2.12. The van der Waals surface area contributed by atoms with Crippen LogP contribution in [-0.2, 0) is 6.61 Å². The lowest BCUT2D eigenvalue weighted by atomic mass is 10.2. The summed E-state index contributed by atoms with van der Waals surface area (Å²) in [6.45, 7) is 2.22. The number of nitrogens with one attached hydrogen (secondary N) is 1. The van der Waals surface area contributed by atoms with Gasteiger partial charge in [-0.05, 0) is 43.3 Å². The molecule has 0 saturated heterocycles. The predicted molar refractivity (Wildman–Crippen MR) is 99.8 cm³/mol. The fourth-order valence-corrected chi connectivity index (χ4v) is 2.93. The summed E-state index contributed by atoms with van der Waals surface area (Å²) in [4.78, 5) is 12.3. The molecule has 0 fully saturated rings. The molecule has 0 bridgehead atoms. The minimum Gasteiger partial charge on any atom is -0.487 e. The number of aromatic nitrogens is 2. The normalized spacial score (nSPS) is 10.5. The molecular formula is C17H13Cl2N3O2S. The van der Waals surface area contributed by atoms with Crippen molar-refractivity contribution in [3.05, 3.63) is 69.5 Å². The maximum absolute atomic E-state index is 12.3. The molecule has 0 radical (unpaired) electrons. The average molecular weight is 394 g/mol. The number of hydrogen-bond acceptors (Lipinski definition) is 5. The minimum absolute atomic E-state index is 0.282. The fourth-order valence-electron chi connectivity index (χ4n) is 2.03. The lowest BCUT2D eigenvalue weighted by molar-refractivity contribution is 0.102. The Bertz CT molecular complexity index is 897. The Balaban J connectivity index is 1.64. The molecule has 0 aliphatic rings. The summed E-state index contributed by atoms with van der Waals surface area (Å²) >= 11 is 13.2. The van der Waals surface area contributed by atoms with E-state index in [2.05, 4.69) is 14.1 Å². The molecule has 1 amide bonds. The van der Waals surface area contributed by atoms with Crippen molar-refractivity contribution in [3.8, 4) is 5.75 Å². The largest absolute Gasteiger partial charge is 0.487 e. The molecule has 0 atom stereocenters. The summed E-state index contributed by atoms with van der Waals surface area (Å²) in [5.74, 6) is 0.361. The molecule has 5 nitrogen and oxygen atoms in total. The predicted octanol–water partition coefficient (Wildman–Crippen LogP) is 4.98. The van der Waals surface area contributed by atoms with E-state index in [1.807, 2.05) is 6.92 Å². The van der Waals surface area contributed by atoms with E-state index in [0.717, 1.165) is 23.1 Å². The first-order valence-electron chi connectivity index (χ1n) is 7.31. The van der Waals surface area contributed by atoms with Crippen molar-refractivity contribution in [1.29, 1.82) is 0 Å². The van der Waals surface area contributed by atoms with Crippen molar-refractivity contribution < 1.29 is 9.53 Å². The van der Waals surface area contributed by atoms with E-state index in [-0.39, 0.29) is 5.91 Å². The van der Waals surface area contributed by atoms with Gasteiger partial charge in [-0.15, -0.1) is 0 Å². The van der Waals surface area contributed by atoms with Crippen molar-refractivity contribution in [1.82, 2.24) is 8.75 Å². The van der Waals surface area contributed by atoms with Crippen molar-refractivity contribution in [3.63, 3.8) is 0 Å². The van der Waals surface area contributed by atoms with E-state index >= 15 is 0 Å². The second kappa shape index (κ2) is 7.82.